The van der Waals surface area contributed by atoms with E-state index in [4.69, 9.17) is 11.6 Å². The van der Waals surface area contributed by atoms with Gasteiger partial charge in [0.15, 0.2) is 0 Å². The van der Waals surface area contributed by atoms with Gasteiger partial charge >= 0.3 is 0 Å². The van der Waals surface area contributed by atoms with E-state index in [2.05, 4.69) is 20.8 Å². The quantitative estimate of drug-likeness (QED) is 0.473. The van der Waals surface area contributed by atoms with Crippen molar-refractivity contribution in [3.63, 3.8) is 0 Å². The zero-order chi connectivity index (χ0) is 23.1. The SMILES string of the molecule is CCCC(NC(=O)Cc1cc(F)cc(F)c1)C(=O)Nc1nnc(Cc2ccc(Cl)cc2)s1. The van der Waals surface area contributed by atoms with E-state index in [0.29, 0.717) is 34.4 Å². The van der Waals surface area contributed by atoms with E-state index in [-0.39, 0.29) is 12.0 Å². The normalized spacial score (nSPS) is 11.8. The molecule has 1 atom stereocenters. The molecule has 1 heterocycles. The highest BCUT2D eigenvalue weighted by atomic mass is 35.5. The summed E-state index contributed by atoms with van der Waals surface area (Å²) in [7, 11) is 0. The van der Waals surface area contributed by atoms with Crippen molar-refractivity contribution in [2.75, 3.05) is 5.32 Å². The molecule has 0 spiro atoms. The molecular weight excluding hydrogens is 458 g/mol. The largest absolute Gasteiger partial charge is 0.344 e. The molecule has 0 aliphatic carbocycles. The van der Waals surface area contributed by atoms with Crippen LogP contribution < -0.4 is 10.6 Å². The topological polar surface area (TPSA) is 84.0 Å². The maximum atomic E-state index is 13.3. The van der Waals surface area contributed by atoms with E-state index in [9.17, 15) is 18.4 Å². The van der Waals surface area contributed by atoms with Crippen LogP contribution in [0.4, 0.5) is 13.9 Å². The third kappa shape index (κ3) is 7.06. The third-order valence-corrected chi connectivity index (χ3v) is 5.57. The Morgan fingerprint density at radius 3 is 2.41 bits per heavy atom. The minimum Gasteiger partial charge on any atom is -0.344 e. The third-order valence-electron chi connectivity index (χ3n) is 4.48. The molecule has 3 rings (SSSR count). The van der Waals surface area contributed by atoms with Crippen molar-refractivity contribution in [1.29, 1.82) is 0 Å². The summed E-state index contributed by atoms with van der Waals surface area (Å²) < 4.78 is 26.7. The molecule has 3 aromatic rings. The number of hydrogen-bond acceptors (Lipinski definition) is 5. The van der Waals surface area contributed by atoms with Gasteiger partial charge in [-0.3, -0.25) is 14.9 Å². The summed E-state index contributed by atoms with van der Waals surface area (Å²) in [5, 5.41) is 15.1. The average Bonchev–Trinajstić information content (AvgIpc) is 3.15. The number of benzene rings is 2. The average molecular weight is 479 g/mol. The Bertz CT molecular complexity index is 1070. The number of rotatable bonds is 9. The van der Waals surface area contributed by atoms with Crippen LogP contribution in [0.25, 0.3) is 0 Å². The first kappa shape index (κ1) is 23.7. The lowest BCUT2D eigenvalue weighted by atomic mass is 10.1. The van der Waals surface area contributed by atoms with Crippen LogP contribution in [0.15, 0.2) is 42.5 Å². The van der Waals surface area contributed by atoms with Gasteiger partial charge < -0.3 is 5.32 Å². The second kappa shape index (κ2) is 11.1. The number of carbonyl (C=O) groups excluding carboxylic acids is 2. The number of anilines is 1. The van der Waals surface area contributed by atoms with Crippen molar-refractivity contribution < 1.29 is 18.4 Å². The first-order chi connectivity index (χ1) is 15.3. The molecule has 0 aliphatic heterocycles. The first-order valence-electron chi connectivity index (χ1n) is 9.94. The van der Waals surface area contributed by atoms with Gasteiger partial charge in [0.25, 0.3) is 0 Å². The Morgan fingerprint density at radius 2 is 1.75 bits per heavy atom. The van der Waals surface area contributed by atoms with Crippen molar-refractivity contribution in [2.45, 2.75) is 38.6 Å². The molecular formula is C22H21ClF2N4O2S. The number of carbonyl (C=O) groups is 2. The molecule has 1 unspecified atom stereocenters. The second-order valence-electron chi connectivity index (χ2n) is 7.16. The van der Waals surface area contributed by atoms with Crippen molar-refractivity contribution in [3.8, 4) is 0 Å². The molecule has 2 amide bonds. The van der Waals surface area contributed by atoms with Gasteiger partial charge in [0.1, 0.15) is 22.7 Å². The molecule has 10 heteroatoms. The zero-order valence-electron chi connectivity index (χ0n) is 17.2. The summed E-state index contributed by atoms with van der Waals surface area (Å²) in [6, 6.07) is 9.45. The van der Waals surface area contributed by atoms with Crippen LogP contribution in [0.5, 0.6) is 0 Å². The standard InChI is InChI=1S/C22H21ClF2N4O2S/c1-2-3-18(26-19(30)10-14-8-16(24)12-17(25)9-14)21(31)27-22-29-28-20(32-22)11-13-4-6-15(23)7-5-13/h4-9,12,18H,2-3,10-11H2,1H3,(H,26,30)(H,27,29,31). The van der Waals surface area contributed by atoms with Crippen molar-refractivity contribution >= 4 is 39.9 Å². The molecule has 0 aliphatic rings. The van der Waals surface area contributed by atoms with E-state index in [1.807, 2.05) is 19.1 Å². The predicted molar refractivity (Wildman–Crippen MR) is 120 cm³/mol. The predicted octanol–water partition coefficient (Wildman–Crippen LogP) is 4.53. The number of halogens is 3. The summed E-state index contributed by atoms with van der Waals surface area (Å²) in [6.07, 6.45) is 1.34. The van der Waals surface area contributed by atoms with Crippen LogP contribution in [-0.2, 0) is 22.4 Å². The molecule has 6 nitrogen and oxygen atoms in total. The summed E-state index contributed by atoms with van der Waals surface area (Å²) in [5.74, 6) is -2.47. The summed E-state index contributed by atoms with van der Waals surface area (Å²) >= 11 is 7.13. The maximum absolute atomic E-state index is 13.3. The number of hydrogen-bond donors (Lipinski definition) is 2. The zero-order valence-corrected chi connectivity index (χ0v) is 18.8. The summed E-state index contributed by atoms with van der Waals surface area (Å²) in [6.45, 7) is 1.88. The fourth-order valence-electron chi connectivity index (χ4n) is 3.05. The van der Waals surface area contributed by atoms with Crippen LogP contribution in [0.1, 0.15) is 35.9 Å². The van der Waals surface area contributed by atoms with Crippen LogP contribution in [-0.4, -0.2) is 28.1 Å². The number of nitrogens with zero attached hydrogens (tertiary/aromatic N) is 2. The van der Waals surface area contributed by atoms with Gasteiger partial charge in [-0.1, -0.05) is 48.4 Å². The van der Waals surface area contributed by atoms with Gasteiger partial charge in [0.05, 0.1) is 6.42 Å². The molecule has 1 aromatic heterocycles. The smallest absolute Gasteiger partial charge is 0.248 e. The second-order valence-corrected chi connectivity index (χ2v) is 8.66. The van der Waals surface area contributed by atoms with Crippen molar-refractivity contribution in [1.82, 2.24) is 15.5 Å². The van der Waals surface area contributed by atoms with E-state index in [0.717, 1.165) is 23.8 Å². The van der Waals surface area contributed by atoms with Crippen LogP contribution >= 0.6 is 22.9 Å². The molecule has 2 N–H and O–H groups in total. The van der Waals surface area contributed by atoms with Crippen LogP contribution in [0.3, 0.4) is 0 Å². The molecule has 0 saturated heterocycles. The van der Waals surface area contributed by atoms with Crippen molar-refractivity contribution in [2.24, 2.45) is 0 Å². The number of aromatic nitrogens is 2. The Balaban J connectivity index is 1.59. The van der Waals surface area contributed by atoms with E-state index in [1.54, 1.807) is 12.1 Å². The Labute approximate surface area is 193 Å². The molecule has 168 valence electrons. The van der Waals surface area contributed by atoms with Gasteiger partial charge in [-0.25, -0.2) is 8.78 Å². The molecule has 0 saturated carbocycles. The lowest BCUT2D eigenvalue weighted by Gasteiger charge is -2.17. The van der Waals surface area contributed by atoms with Crippen molar-refractivity contribution in [3.05, 3.63) is 75.3 Å². The van der Waals surface area contributed by atoms with Crippen LogP contribution in [0, 0.1) is 11.6 Å². The van der Waals surface area contributed by atoms with Crippen LogP contribution in [0.2, 0.25) is 5.02 Å². The van der Waals surface area contributed by atoms with Gasteiger partial charge in [-0.15, -0.1) is 10.2 Å². The monoisotopic (exact) mass is 478 g/mol. The first-order valence-corrected chi connectivity index (χ1v) is 11.1. The summed E-state index contributed by atoms with van der Waals surface area (Å²) in [4.78, 5) is 25.0. The Morgan fingerprint density at radius 1 is 1.06 bits per heavy atom. The highest BCUT2D eigenvalue weighted by molar-refractivity contribution is 7.15. The van der Waals surface area contributed by atoms with Gasteiger partial charge in [-0.2, -0.15) is 0 Å². The minimum atomic E-state index is -0.811. The molecule has 2 aromatic carbocycles. The fraction of sp³-hybridized carbons (Fsp3) is 0.273. The summed E-state index contributed by atoms with van der Waals surface area (Å²) in [5.41, 5.74) is 1.19. The van der Waals surface area contributed by atoms with Gasteiger partial charge in [0.2, 0.25) is 16.9 Å². The Hall–Kier alpha value is -2.91. The molecule has 0 fully saturated rings. The highest BCUT2D eigenvalue weighted by Gasteiger charge is 2.22. The lowest BCUT2D eigenvalue weighted by Crippen LogP contribution is -2.44. The van der Waals surface area contributed by atoms with E-state index < -0.39 is 29.5 Å². The number of amides is 2. The minimum absolute atomic E-state index is 0.187. The van der Waals surface area contributed by atoms with E-state index in [1.165, 1.54) is 11.3 Å². The van der Waals surface area contributed by atoms with E-state index >= 15 is 0 Å². The molecule has 0 bridgehead atoms. The Kier molecular flexibility index (Phi) is 8.24. The molecule has 32 heavy (non-hydrogen) atoms. The number of nitrogens with one attached hydrogen (secondary N) is 2. The fourth-order valence-corrected chi connectivity index (χ4v) is 3.95. The van der Waals surface area contributed by atoms with Gasteiger partial charge in [-0.05, 0) is 41.8 Å². The molecule has 0 radical (unpaired) electrons. The maximum Gasteiger partial charge on any atom is 0.248 e. The lowest BCUT2D eigenvalue weighted by molar-refractivity contribution is -0.126. The van der Waals surface area contributed by atoms with Gasteiger partial charge in [0, 0.05) is 17.5 Å². The highest BCUT2D eigenvalue weighted by Crippen LogP contribution is 2.20.